The maximum absolute atomic E-state index is 5.94. The van der Waals surface area contributed by atoms with E-state index in [2.05, 4.69) is 49.2 Å². The minimum absolute atomic E-state index is 0.122. The lowest BCUT2D eigenvalue weighted by Crippen LogP contribution is -2.62. The zero-order valence-corrected chi connectivity index (χ0v) is 14.4. The standard InChI is InChI=1S/C16H33N5/c1-6-16(7-2,21(8-3)9-4)15(19-17)11-10-14-12-13-18-20(14)5/h12-13,15,19H,6-11,17H2,1-5H3. The Morgan fingerprint density at radius 2 is 1.90 bits per heavy atom. The van der Waals surface area contributed by atoms with Gasteiger partial charge in [0.15, 0.2) is 0 Å². The van der Waals surface area contributed by atoms with E-state index >= 15 is 0 Å². The molecule has 3 N–H and O–H groups in total. The molecule has 0 aliphatic carbocycles. The van der Waals surface area contributed by atoms with Crippen LogP contribution in [0.4, 0.5) is 0 Å². The fraction of sp³-hybridized carbons (Fsp3) is 0.812. The molecular formula is C16H33N5. The number of hydrogen-bond donors (Lipinski definition) is 2. The van der Waals surface area contributed by atoms with E-state index in [0.29, 0.717) is 0 Å². The Labute approximate surface area is 129 Å². The highest BCUT2D eigenvalue weighted by Crippen LogP contribution is 2.30. The molecule has 21 heavy (non-hydrogen) atoms. The SMILES string of the molecule is CCN(CC)C(CC)(CC)C(CCc1ccnn1C)NN. The van der Waals surface area contributed by atoms with Gasteiger partial charge in [-0.05, 0) is 44.8 Å². The molecule has 1 heterocycles. The van der Waals surface area contributed by atoms with Crippen molar-refractivity contribution in [3.63, 3.8) is 0 Å². The first-order valence-corrected chi connectivity index (χ1v) is 8.27. The minimum atomic E-state index is 0.122. The second-order valence-corrected chi connectivity index (χ2v) is 5.69. The Hall–Kier alpha value is -0.910. The van der Waals surface area contributed by atoms with Crippen LogP contribution in [0.15, 0.2) is 12.3 Å². The molecule has 1 unspecified atom stereocenters. The number of nitrogens with two attached hydrogens (primary N) is 1. The molecule has 0 fully saturated rings. The molecule has 0 saturated heterocycles. The van der Waals surface area contributed by atoms with Crippen molar-refractivity contribution < 1.29 is 0 Å². The predicted octanol–water partition coefficient (Wildman–Crippen LogP) is 2.09. The molecule has 0 aromatic carbocycles. The third-order valence-electron chi connectivity index (χ3n) is 5.08. The number of aryl methyl sites for hydroxylation is 2. The van der Waals surface area contributed by atoms with Gasteiger partial charge >= 0.3 is 0 Å². The second kappa shape index (κ2) is 8.51. The van der Waals surface area contributed by atoms with Crippen LogP contribution >= 0.6 is 0 Å². The summed E-state index contributed by atoms with van der Waals surface area (Å²) in [5.41, 5.74) is 4.49. The third kappa shape index (κ3) is 3.84. The zero-order valence-electron chi connectivity index (χ0n) is 14.4. The lowest BCUT2D eigenvalue weighted by Gasteiger charge is -2.47. The molecule has 0 bridgehead atoms. The van der Waals surface area contributed by atoms with Crippen LogP contribution in [0.5, 0.6) is 0 Å². The van der Waals surface area contributed by atoms with Crippen LogP contribution in [0.3, 0.4) is 0 Å². The van der Waals surface area contributed by atoms with Crippen molar-refractivity contribution in [2.75, 3.05) is 13.1 Å². The van der Waals surface area contributed by atoms with Crippen LogP contribution < -0.4 is 11.3 Å². The summed E-state index contributed by atoms with van der Waals surface area (Å²) in [5, 5.41) is 4.24. The first kappa shape index (κ1) is 18.1. The molecule has 0 aliphatic rings. The van der Waals surface area contributed by atoms with Crippen molar-refractivity contribution in [2.24, 2.45) is 12.9 Å². The number of hydrogen-bond acceptors (Lipinski definition) is 4. The average molecular weight is 295 g/mol. The maximum atomic E-state index is 5.94. The molecule has 1 atom stereocenters. The molecule has 1 rings (SSSR count). The van der Waals surface area contributed by atoms with E-state index in [1.807, 2.05) is 17.9 Å². The van der Waals surface area contributed by atoms with E-state index in [4.69, 9.17) is 5.84 Å². The first-order valence-electron chi connectivity index (χ1n) is 8.27. The topological polar surface area (TPSA) is 59.1 Å². The fourth-order valence-corrected chi connectivity index (χ4v) is 3.71. The van der Waals surface area contributed by atoms with E-state index in [-0.39, 0.29) is 11.6 Å². The van der Waals surface area contributed by atoms with Gasteiger partial charge in [-0.3, -0.25) is 20.9 Å². The summed E-state index contributed by atoms with van der Waals surface area (Å²) in [5.74, 6) is 5.94. The van der Waals surface area contributed by atoms with Crippen LogP contribution in [0.25, 0.3) is 0 Å². The van der Waals surface area contributed by atoms with Crippen molar-refractivity contribution in [3.05, 3.63) is 18.0 Å². The molecule has 5 nitrogen and oxygen atoms in total. The zero-order chi connectivity index (χ0) is 15.9. The molecule has 0 aliphatic heterocycles. The summed E-state index contributed by atoms with van der Waals surface area (Å²) in [6.07, 6.45) is 6.08. The number of likely N-dealkylation sites (N-methyl/N-ethyl adjacent to an activating group) is 1. The van der Waals surface area contributed by atoms with E-state index in [1.165, 1.54) is 5.69 Å². The minimum Gasteiger partial charge on any atom is -0.297 e. The summed E-state index contributed by atoms with van der Waals surface area (Å²) < 4.78 is 1.95. The number of hydrazine groups is 1. The molecule has 1 aromatic rings. The number of rotatable bonds is 10. The second-order valence-electron chi connectivity index (χ2n) is 5.69. The molecule has 0 radical (unpaired) electrons. The van der Waals surface area contributed by atoms with E-state index in [9.17, 15) is 0 Å². The van der Waals surface area contributed by atoms with Gasteiger partial charge in [-0.2, -0.15) is 5.10 Å². The molecular weight excluding hydrogens is 262 g/mol. The summed E-state index contributed by atoms with van der Waals surface area (Å²) >= 11 is 0. The summed E-state index contributed by atoms with van der Waals surface area (Å²) in [4.78, 5) is 2.56. The van der Waals surface area contributed by atoms with Gasteiger partial charge in [-0.25, -0.2) is 0 Å². The molecule has 0 saturated carbocycles. The first-order chi connectivity index (χ1) is 10.1. The average Bonchev–Trinajstić information content (AvgIpc) is 2.92. The number of nitrogens with zero attached hydrogens (tertiary/aromatic N) is 3. The Kier molecular flexibility index (Phi) is 7.35. The van der Waals surface area contributed by atoms with Gasteiger partial charge in [-0.15, -0.1) is 0 Å². The molecule has 0 amide bonds. The van der Waals surface area contributed by atoms with Crippen molar-refractivity contribution in [1.29, 1.82) is 0 Å². The smallest absolute Gasteiger partial charge is 0.0492 e. The van der Waals surface area contributed by atoms with Crippen molar-refractivity contribution >= 4 is 0 Å². The van der Waals surface area contributed by atoms with Gasteiger partial charge in [0.1, 0.15) is 0 Å². The Morgan fingerprint density at radius 1 is 1.29 bits per heavy atom. The van der Waals surface area contributed by atoms with Crippen LogP contribution in [0.1, 0.15) is 52.7 Å². The summed E-state index contributed by atoms with van der Waals surface area (Å²) in [7, 11) is 2.00. The lowest BCUT2D eigenvalue weighted by atomic mass is 9.80. The predicted molar refractivity (Wildman–Crippen MR) is 88.9 cm³/mol. The van der Waals surface area contributed by atoms with Crippen LogP contribution in [-0.4, -0.2) is 39.4 Å². The lowest BCUT2D eigenvalue weighted by molar-refractivity contribution is 0.0460. The van der Waals surface area contributed by atoms with Crippen LogP contribution in [0.2, 0.25) is 0 Å². The highest BCUT2D eigenvalue weighted by atomic mass is 15.3. The van der Waals surface area contributed by atoms with Crippen molar-refractivity contribution in [2.45, 2.75) is 65.0 Å². The Bertz CT molecular complexity index is 393. The van der Waals surface area contributed by atoms with Gasteiger partial charge in [0, 0.05) is 30.5 Å². The highest BCUT2D eigenvalue weighted by Gasteiger charge is 2.39. The third-order valence-corrected chi connectivity index (χ3v) is 5.08. The van der Waals surface area contributed by atoms with Crippen molar-refractivity contribution in [1.82, 2.24) is 20.1 Å². The molecule has 5 heteroatoms. The van der Waals surface area contributed by atoms with E-state index in [0.717, 1.165) is 38.8 Å². The van der Waals surface area contributed by atoms with Gasteiger partial charge in [0.25, 0.3) is 0 Å². The maximum Gasteiger partial charge on any atom is 0.0492 e. The normalized spacial score (nSPS) is 13.9. The number of aromatic nitrogens is 2. The molecule has 1 aromatic heterocycles. The fourth-order valence-electron chi connectivity index (χ4n) is 3.71. The summed E-state index contributed by atoms with van der Waals surface area (Å²) in [6, 6.07) is 2.37. The van der Waals surface area contributed by atoms with Gasteiger partial charge in [0.2, 0.25) is 0 Å². The van der Waals surface area contributed by atoms with E-state index < -0.39 is 0 Å². The van der Waals surface area contributed by atoms with Crippen LogP contribution in [-0.2, 0) is 13.5 Å². The van der Waals surface area contributed by atoms with Gasteiger partial charge in [0.05, 0.1) is 0 Å². The van der Waals surface area contributed by atoms with E-state index in [1.54, 1.807) is 0 Å². The summed E-state index contributed by atoms with van der Waals surface area (Å²) in [6.45, 7) is 11.1. The monoisotopic (exact) mass is 295 g/mol. The Morgan fingerprint density at radius 3 is 2.29 bits per heavy atom. The van der Waals surface area contributed by atoms with Gasteiger partial charge in [-0.1, -0.05) is 27.7 Å². The van der Waals surface area contributed by atoms with Crippen molar-refractivity contribution in [3.8, 4) is 0 Å². The molecule has 0 spiro atoms. The largest absolute Gasteiger partial charge is 0.297 e. The highest BCUT2D eigenvalue weighted by molar-refractivity contribution is 5.04. The molecule has 122 valence electrons. The van der Waals surface area contributed by atoms with Gasteiger partial charge < -0.3 is 0 Å². The Balaban J connectivity index is 2.89. The number of nitrogens with one attached hydrogen (secondary N) is 1. The quantitative estimate of drug-likeness (QED) is 0.512. The van der Waals surface area contributed by atoms with Crippen LogP contribution in [0, 0.1) is 0 Å².